The van der Waals surface area contributed by atoms with Crippen LogP contribution in [0.1, 0.15) is 38.8 Å². The number of nitriles is 1. The van der Waals surface area contributed by atoms with Crippen LogP contribution in [0.2, 0.25) is 0 Å². The number of quaternary nitrogens is 2. The summed E-state index contributed by atoms with van der Waals surface area (Å²) in [6.45, 7) is 15.1. The van der Waals surface area contributed by atoms with Crippen molar-refractivity contribution in [1.29, 1.82) is 5.26 Å². The zero-order chi connectivity index (χ0) is 19.3. The Morgan fingerprint density at radius 1 is 1.23 bits per heavy atom. The van der Waals surface area contributed by atoms with Gasteiger partial charge in [-0.3, -0.25) is 4.79 Å². The Hall–Kier alpha value is -1.90. The van der Waals surface area contributed by atoms with E-state index in [1.165, 1.54) is 16.0 Å². The topological polar surface area (TPSA) is 61.8 Å². The first-order valence-corrected chi connectivity index (χ1v) is 9.72. The molecule has 3 N–H and O–H groups in total. The van der Waals surface area contributed by atoms with Crippen LogP contribution in [-0.2, 0) is 11.3 Å². The fourth-order valence-corrected chi connectivity index (χ4v) is 3.46. The lowest BCUT2D eigenvalue weighted by Crippen LogP contribution is -3.29. The Balaban J connectivity index is 1.88. The molecule has 0 bridgehead atoms. The minimum Gasteiger partial charge on any atom is -0.333 e. The molecule has 0 unspecified atom stereocenters. The number of aryl methyl sites for hydroxylation is 1. The predicted octanol–water partition coefficient (Wildman–Crippen LogP) is -0.279. The molecule has 0 saturated carbocycles. The summed E-state index contributed by atoms with van der Waals surface area (Å²) in [4.78, 5) is 15.6. The van der Waals surface area contributed by atoms with E-state index in [1.54, 1.807) is 4.90 Å². The van der Waals surface area contributed by atoms with E-state index in [2.05, 4.69) is 42.6 Å². The van der Waals surface area contributed by atoms with E-state index >= 15 is 0 Å². The maximum absolute atomic E-state index is 12.6. The highest BCUT2D eigenvalue weighted by Gasteiger charge is 2.36. The molecule has 0 radical (unpaired) electrons. The third-order valence-electron chi connectivity index (χ3n) is 6.08. The molecular weight excluding hydrogens is 324 g/mol. The van der Waals surface area contributed by atoms with Crippen LogP contribution in [0.3, 0.4) is 0 Å². The van der Waals surface area contributed by atoms with E-state index in [4.69, 9.17) is 0 Å². The quantitative estimate of drug-likeness (QED) is 0.655. The molecule has 0 spiro atoms. The van der Waals surface area contributed by atoms with E-state index in [1.807, 2.05) is 27.7 Å². The molecule has 142 valence electrons. The summed E-state index contributed by atoms with van der Waals surface area (Å²) >= 11 is 0. The van der Waals surface area contributed by atoms with E-state index in [9.17, 15) is 10.1 Å². The van der Waals surface area contributed by atoms with Crippen LogP contribution in [0.4, 0.5) is 0 Å². The summed E-state index contributed by atoms with van der Waals surface area (Å²) in [6, 6.07) is 10.7. The normalized spacial score (nSPS) is 23.7. The number of benzene rings is 1. The van der Waals surface area contributed by atoms with E-state index in [0.717, 1.165) is 32.7 Å². The lowest BCUT2D eigenvalue weighted by atomic mass is 9.89. The smallest absolute Gasteiger partial charge is 0.279 e. The molecule has 2 atom stereocenters. The summed E-state index contributed by atoms with van der Waals surface area (Å²) < 4.78 is 0. The molecule has 26 heavy (non-hydrogen) atoms. The summed E-state index contributed by atoms with van der Waals surface area (Å²) in [6.07, 6.45) is 0. The van der Waals surface area contributed by atoms with E-state index in [-0.39, 0.29) is 17.9 Å². The van der Waals surface area contributed by atoms with Gasteiger partial charge in [0, 0.05) is 5.56 Å². The van der Waals surface area contributed by atoms with Gasteiger partial charge in [0.15, 0.2) is 6.04 Å². The van der Waals surface area contributed by atoms with Gasteiger partial charge in [-0.15, -0.1) is 0 Å². The first-order chi connectivity index (χ1) is 12.3. The molecular formula is C21H34N4O+2. The standard InChI is InChI=1S/C21H32N4O/c1-16(2)21(5,15-22)23-20(26)18(4)25-12-10-24(11-13-25)14-19-9-7-6-8-17(19)3/h6-9,16,18H,10-14H2,1-5H3,(H,23,26)/p+2/t18-,21-/m1/s1. The molecule has 5 heteroatoms. The number of carbonyl (C=O) groups is 1. The maximum Gasteiger partial charge on any atom is 0.279 e. The minimum atomic E-state index is -0.803. The first kappa shape index (κ1) is 20.4. The van der Waals surface area contributed by atoms with Gasteiger partial charge in [0.2, 0.25) is 0 Å². The average Bonchev–Trinajstić information content (AvgIpc) is 2.63. The van der Waals surface area contributed by atoms with Crippen molar-refractivity contribution in [2.24, 2.45) is 5.92 Å². The number of amides is 1. The average molecular weight is 359 g/mol. The summed E-state index contributed by atoms with van der Waals surface area (Å²) in [5, 5.41) is 12.4. The van der Waals surface area contributed by atoms with Gasteiger partial charge in [-0.1, -0.05) is 38.1 Å². The van der Waals surface area contributed by atoms with Gasteiger partial charge in [-0.25, -0.2) is 0 Å². The van der Waals surface area contributed by atoms with Crippen molar-refractivity contribution in [3.63, 3.8) is 0 Å². The van der Waals surface area contributed by atoms with E-state index < -0.39 is 5.54 Å². The Labute approximate surface area is 158 Å². The van der Waals surface area contributed by atoms with Crippen molar-refractivity contribution in [2.75, 3.05) is 26.2 Å². The minimum absolute atomic E-state index is 0.0138. The van der Waals surface area contributed by atoms with Gasteiger partial charge in [0.25, 0.3) is 5.91 Å². The fraction of sp³-hybridized carbons (Fsp3) is 0.619. The third kappa shape index (κ3) is 4.84. The molecule has 2 rings (SSSR count). The second-order valence-corrected chi connectivity index (χ2v) is 8.19. The largest absolute Gasteiger partial charge is 0.333 e. The number of hydrogen-bond donors (Lipinski definition) is 3. The zero-order valence-corrected chi connectivity index (χ0v) is 16.9. The van der Waals surface area contributed by atoms with Crippen LogP contribution in [0.5, 0.6) is 0 Å². The lowest BCUT2D eigenvalue weighted by Gasteiger charge is -2.34. The molecule has 1 aromatic rings. The van der Waals surface area contributed by atoms with Crippen molar-refractivity contribution in [3.05, 3.63) is 35.4 Å². The summed E-state index contributed by atoms with van der Waals surface area (Å²) in [7, 11) is 0. The van der Waals surface area contributed by atoms with Crippen molar-refractivity contribution < 1.29 is 14.6 Å². The fourth-order valence-electron chi connectivity index (χ4n) is 3.46. The molecule has 1 aliphatic heterocycles. The van der Waals surface area contributed by atoms with E-state index in [0.29, 0.717) is 0 Å². The molecule has 1 heterocycles. The summed E-state index contributed by atoms with van der Waals surface area (Å²) in [5.74, 6) is 0.0640. The number of hydrogen-bond acceptors (Lipinski definition) is 2. The highest BCUT2D eigenvalue weighted by atomic mass is 16.2. The highest BCUT2D eigenvalue weighted by Crippen LogP contribution is 2.15. The Morgan fingerprint density at radius 3 is 2.38 bits per heavy atom. The van der Waals surface area contributed by atoms with Crippen molar-refractivity contribution in [1.82, 2.24) is 5.32 Å². The van der Waals surface area contributed by atoms with Crippen LogP contribution < -0.4 is 15.1 Å². The molecule has 0 aromatic heterocycles. The van der Waals surface area contributed by atoms with Gasteiger partial charge in [0.1, 0.15) is 38.3 Å². The van der Waals surface area contributed by atoms with Crippen LogP contribution >= 0.6 is 0 Å². The maximum atomic E-state index is 12.6. The van der Waals surface area contributed by atoms with Gasteiger partial charge >= 0.3 is 0 Å². The molecule has 1 fully saturated rings. The van der Waals surface area contributed by atoms with Gasteiger partial charge in [0.05, 0.1) is 6.07 Å². The van der Waals surface area contributed by atoms with Gasteiger partial charge in [-0.2, -0.15) is 5.26 Å². The number of nitrogens with zero attached hydrogens (tertiary/aromatic N) is 1. The Bertz CT molecular complexity index is 658. The monoisotopic (exact) mass is 358 g/mol. The molecule has 1 saturated heterocycles. The lowest BCUT2D eigenvalue weighted by molar-refractivity contribution is -1.02. The second kappa shape index (κ2) is 8.66. The molecule has 1 aliphatic rings. The van der Waals surface area contributed by atoms with Crippen molar-refractivity contribution >= 4 is 5.91 Å². The van der Waals surface area contributed by atoms with Crippen LogP contribution in [-0.4, -0.2) is 43.7 Å². The SMILES string of the molecule is Cc1ccccc1C[NH+]1CC[NH+]([C@H](C)C(=O)N[C@](C)(C#N)C(C)C)CC1. The highest BCUT2D eigenvalue weighted by molar-refractivity contribution is 5.81. The third-order valence-corrected chi connectivity index (χ3v) is 6.08. The summed E-state index contributed by atoms with van der Waals surface area (Å²) in [5.41, 5.74) is 1.97. The van der Waals surface area contributed by atoms with Crippen LogP contribution in [0.15, 0.2) is 24.3 Å². The number of piperazine rings is 1. The zero-order valence-electron chi connectivity index (χ0n) is 16.9. The van der Waals surface area contributed by atoms with Crippen molar-refractivity contribution in [3.8, 4) is 6.07 Å². The van der Waals surface area contributed by atoms with Crippen LogP contribution in [0, 0.1) is 24.2 Å². The molecule has 0 aliphatic carbocycles. The first-order valence-electron chi connectivity index (χ1n) is 9.72. The Kier molecular flexibility index (Phi) is 6.80. The molecule has 1 amide bonds. The van der Waals surface area contributed by atoms with Gasteiger partial charge < -0.3 is 15.1 Å². The van der Waals surface area contributed by atoms with Gasteiger partial charge in [-0.05, 0) is 32.3 Å². The molecule has 1 aromatic carbocycles. The second-order valence-electron chi connectivity index (χ2n) is 8.19. The molecule has 5 nitrogen and oxygen atoms in total. The van der Waals surface area contributed by atoms with Crippen molar-refractivity contribution in [2.45, 2.75) is 52.7 Å². The predicted molar refractivity (Wildman–Crippen MR) is 103 cm³/mol. The Morgan fingerprint density at radius 2 is 1.85 bits per heavy atom. The number of carbonyl (C=O) groups excluding carboxylic acids is 1. The number of rotatable bonds is 6. The van der Waals surface area contributed by atoms with Crippen LogP contribution in [0.25, 0.3) is 0 Å². The number of nitrogens with one attached hydrogen (secondary N) is 3.